The van der Waals surface area contributed by atoms with Crippen LogP contribution in [0.4, 0.5) is 18.9 Å². The number of amides is 2. The maximum atomic E-state index is 13.3. The van der Waals surface area contributed by atoms with Crippen molar-refractivity contribution in [3.63, 3.8) is 0 Å². The van der Waals surface area contributed by atoms with Crippen LogP contribution in [-0.2, 0) is 14.3 Å². The van der Waals surface area contributed by atoms with Crippen molar-refractivity contribution in [2.45, 2.75) is 6.04 Å². The van der Waals surface area contributed by atoms with Crippen LogP contribution in [0.2, 0.25) is 0 Å². The molecule has 10 heteroatoms. The summed E-state index contributed by atoms with van der Waals surface area (Å²) in [5, 5.41) is 4.18. The van der Waals surface area contributed by atoms with E-state index in [2.05, 4.69) is 10.1 Å². The first kappa shape index (κ1) is 20.2. The number of ether oxygens (including phenoxy) is 1. The van der Waals surface area contributed by atoms with Gasteiger partial charge >= 0.3 is 0 Å². The lowest BCUT2D eigenvalue weighted by atomic mass is 10.2. The predicted octanol–water partition coefficient (Wildman–Crippen LogP) is 0.554. The van der Waals surface area contributed by atoms with Crippen LogP contribution in [0.15, 0.2) is 12.1 Å². The van der Waals surface area contributed by atoms with Gasteiger partial charge in [-0.05, 0) is 12.1 Å². The number of hydrogen-bond acceptors (Lipinski definition) is 4. The van der Waals surface area contributed by atoms with E-state index >= 15 is 0 Å². The molecule has 22 heavy (non-hydrogen) atoms. The first-order valence-electron chi connectivity index (χ1n) is 5.82. The largest absolute Gasteiger partial charge is 0.383 e. The number of halogens is 4. The minimum atomic E-state index is -1.70. The molecular formula is C12H15ClF3N3O3. The van der Waals surface area contributed by atoms with E-state index in [-0.39, 0.29) is 19.0 Å². The molecule has 0 heterocycles. The molecule has 1 unspecified atom stereocenters. The average Bonchev–Trinajstić information content (AvgIpc) is 2.45. The smallest absolute Gasteiger partial charge is 0.243 e. The van der Waals surface area contributed by atoms with Crippen LogP contribution in [0.25, 0.3) is 0 Å². The Hall–Kier alpha value is -1.84. The van der Waals surface area contributed by atoms with Gasteiger partial charge in [-0.3, -0.25) is 9.59 Å². The fraction of sp³-hybridized carbons (Fsp3) is 0.333. The van der Waals surface area contributed by atoms with Crippen molar-refractivity contribution in [2.75, 3.05) is 25.6 Å². The Bertz CT molecular complexity index is 546. The molecule has 0 aliphatic carbocycles. The molecule has 0 aliphatic rings. The number of carbonyl (C=O) groups is 2. The molecule has 1 aromatic rings. The number of benzene rings is 1. The van der Waals surface area contributed by atoms with Crippen LogP contribution in [-0.4, -0.2) is 38.1 Å². The van der Waals surface area contributed by atoms with Crippen LogP contribution in [0, 0.1) is 17.5 Å². The van der Waals surface area contributed by atoms with Crippen molar-refractivity contribution < 1.29 is 27.5 Å². The Morgan fingerprint density at radius 3 is 2.50 bits per heavy atom. The van der Waals surface area contributed by atoms with Gasteiger partial charge in [0.1, 0.15) is 6.04 Å². The van der Waals surface area contributed by atoms with Crippen LogP contribution < -0.4 is 16.4 Å². The molecule has 0 fully saturated rings. The van der Waals surface area contributed by atoms with Gasteiger partial charge in [0.2, 0.25) is 11.8 Å². The Kier molecular flexibility index (Phi) is 8.46. The maximum absolute atomic E-state index is 13.3. The lowest BCUT2D eigenvalue weighted by Crippen LogP contribution is -2.45. The molecular weight excluding hydrogens is 327 g/mol. The lowest BCUT2D eigenvalue weighted by molar-refractivity contribution is -0.126. The molecule has 2 amide bonds. The second-order valence-corrected chi connectivity index (χ2v) is 4.05. The molecule has 0 bridgehead atoms. The minimum absolute atomic E-state index is 0. The van der Waals surface area contributed by atoms with Gasteiger partial charge in [-0.2, -0.15) is 0 Å². The minimum Gasteiger partial charge on any atom is -0.383 e. The van der Waals surface area contributed by atoms with E-state index in [4.69, 9.17) is 5.73 Å². The Morgan fingerprint density at radius 1 is 1.27 bits per heavy atom. The summed E-state index contributed by atoms with van der Waals surface area (Å²) in [5.41, 5.74) is 4.87. The van der Waals surface area contributed by atoms with Crippen LogP contribution in [0.1, 0.15) is 0 Å². The second-order valence-electron chi connectivity index (χ2n) is 4.05. The third-order valence-electron chi connectivity index (χ3n) is 2.42. The van der Waals surface area contributed by atoms with E-state index in [9.17, 15) is 22.8 Å². The number of nitrogens with one attached hydrogen (secondary N) is 2. The zero-order valence-corrected chi connectivity index (χ0v) is 12.3. The van der Waals surface area contributed by atoms with E-state index in [0.29, 0.717) is 6.07 Å². The van der Waals surface area contributed by atoms with Gasteiger partial charge in [0.25, 0.3) is 0 Å². The van der Waals surface area contributed by atoms with Crippen LogP contribution >= 0.6 is 12.4 Å². The molecule has 0 aliphatic heterocycles. The van der Waals surface area contributed by atoms with Gasteiger partial charge in [0.15, 0.2) is 17.5 Å². The normalized spacial score (nSPS) is 11.3. The topological polar surface area (TPSA) is 93.4 Å². The molecule has 1 aromatic carbocycles. The van der Waals surface area contributed by atoms with Crippen molar-refractivity contribution in [1.82, 2.24) is 5.32 Å². The number of hydrogen-bond donors (Lipinski definition) is 3. The first-order valence-corrected chi connectivity index (χ1v) is 5.82. The zero-order valence-electron chi connectivity index (χ0n) is 11.5. The van der Waals surface area contributed by atoms with E-state index < -0.39 is 47.5 Å². The number of nitrogens with two attached hydrogens (primary N) is 1. The summed E-state index contributed by atoms with van der Waals surface area (Å²) in [4.78, 5) is 22.8. The van der Waals surface area contributed by atoms with Crippen LogP contribution in [0.3, 0.4) is 0 Å². The van der Waals surface area contributed by atoms with Gasteiger partial charge in [-0.1, -0.05) is 0 Å². The molecule has 0 saturated heterocycles. The highest BCUT2D eigenvalue weighted by molar-refractivity contribution is 5.95. The zero-order chi connectivity index (χ0) is 16.0. The summed E-state index contributed by atoms with van der Waals surface area (Å²) < 4.78 is 43.6. The highest BCUT2D eigenvalue weighted by atomic mass is 35.5. The molecule has 6 nitrogen and oxygen atoms in total. The molecule has 0 radical (unpaired) electrons. The van der Waals surface area contributed by atoms with Crippen LogP contribution in [0.5, 0.6) is 0 Å². The lowest BCUT2D eigenvalue weighted by Gasteiger charge is -2.11. The van der Waals surface area contributed by atoms with Crippen molar-refractivity contribution >= 4 is 29.9 Å². The summed E-state index contributed by atoms with van der Waals surface area (Å²) in [6.45, 7) is -0.542. The molecule has 124 valence electrons. The molecule has 0 aromatic heterocycles. The third kappa shape index (κ3) is 5.51. The van der Waals surface area contributed by atoms with Crippen molar-refractivity contribution in [2.24, 2.45) is 5.73 Å². The van der Waals surface area contributed by atoms with E-state index in [1.165, 1.54) is 7.11 Å². The van der Waals surface area contributed by atoms with E-state index in [0.717, 1.165) is 6.07 Å². The maximum Gasteiger partial charge on any atom is 0.243 e. The summed E-state index contributed by atoms with van der Waals surface area (Å²) in [6, 6.07) is 0.577. The Labute approximate surface area is 130 Å². The molecule has 4 N–H and O–H groups in total. The van der Waals surface area contributed by atoms with E-state index in [1.54, 1.807) is 0 Å². The molecule has 0 saturated carbocycles. The number of methoxy groups -OCH3 is 1. The fourth-order valence-electron chi connectivity index (χ4n) is 1.37. The summed E-state index contributed by atoms with van der Waals surface area (Å²) in [5.74, 6) is -6.05. The van der Waals surface area contributed by atoms with E-state index in [1.807, 2.05) is 5.32 Å². The van der Waals surface area contributed by atoms with Gasteiger partial charge in [0, 0.05) is 7.11 Å². The SMILES string of the molecule is COCC(N)C(=O)NCC(=O)Nc1ccc(F)c(F)c1F.Cl. The van der Waals surface area contributed by atoms with Gasteiger partial charge in [-0.25, -0.2) is 13.2 Å². The van der Waals surface area contributed by atoms with Crippen molar-refractivity contribution in [3.8, 4) is 0 Å². The number of rotatable bonds is 6. The average molecular weight is 342 g/mol. The van der Waals surface area contributed by atoms with Gasteiger partial charge in [-0.15, -0.1) is 12.4 Å². The summed E-state index contributed by atoms with van der Waals surface area (Å²) >= 11 is 0. The number of carbonyl (C=O) groups excluding carboxylic acids is 2. The molecule has 1 atom stereocenters. The number of anilines is 1. The third-order valence-corrected chi connectivity index (χ3v) is 2.42. The standard InChI is InChI=1S/C12H14F3N3O3.ClH/c1-21-5-7(16)12(20)17-4-9(19)18-8-3-2-6(13)10(14)11(8)15;/h2-3,7H,4-5,16H2,1H3,(H,17,20)(H,18,19);1H. The monoisotopic (exact) mass is 341 g/mol. The van der Waals surface area contributed by atoms with Crippen molar-refractivity contribution in [1.29, 1.82) is 0 Å². The Morgan fingerprint density at radius 2 is 1.91 bits per heavy atom. The molecule has 1 rings (SSSR count). The summed E-state index contributed by atoms with van der Waals surface area (Å²) in [6.07, 6.45) is 0. The highest BCUT2D eigenvalue weighted by Gasteiger charge is 2.17. The predicted molar refractivity (Wildman–Crippen MR) is 75.1 cm³/mol. The Balaban J connectivity index is 0.00000441. The highest BCUT2D eigenvalue weighted by Crippen LogP contribution is 2.19. The first-order chi connectivity index (χ1) is 9.86. The van der Waals surface area contributed by atoms with Gasteiger partial charge in [0.05, 0.1) is 18.8 Å². The van der Waals surface area contributed by atoms with Gasteiger partial charge < -0.3 is 21.1 Å². The second kappa shape index (κ2) is 9.23. The summed E-state index contributed by atoms with van der Waals surface area (Å²) in [7, 11) is 1.35. The molecule has 0 spiro atoms. The quantitative estimate of drug-likeness (QED) is 0.659. The van der Waals surface area contributed by atoms with Crippen molar-refractivity contribution in [3.05, 3.63) is 29.6 Å². The fourth-order valence-corrected chi connectivity index (χ4v) is 1.37.